The molecule has 1 aliphatic rings. The van der Waals surface area contributed by atoms with Crippen molar-refractivity contribution < 1.29 is 13.6 Å². The molecule has 130 valence electrons. The molecule has 8 heteroatoms. The minimum atomic E-state index is -0.365. The van der Waals surface area contributed by atoms with Gasteiger partial charge in [0.2, 0.25) is 5.71 Å². The topological polar surface area (TPSA) is 106 Å². The summed E-state index contributed by atoms with van der Waals surface area (Å²) in [7, 11) is 0. The summed E-state index contributed by atoms with van der Waals surface area (Å²) in [4.78, 5) is 25.5. The van der Waals surface area contributed by atoms with E-state index in [1.54, 1.807) is 13.8 Å². The highest BCUT2D eigenvalue weighted by atomic mass is 16.4. The Bertz CT molecular complexity index is 964. The number of oxazole rings is 1. The number of fused-ring (bicyclic) bond motifs is 1. The van der Waals surface area contributed by atoms with Gasteiger partial charge in [0.1, 0.15) is 23.7 Å². The summed E-state index contributed by atoms with van der Waals surface area (Å²) in [5.74, 6) is 1.37. The van der Waals surface area contributed by atoms with E-state index >= 15 is 0 Å². The Hall–Kier alpha value is -2.90. The molecule has 0 saturated heterocycles. The molecule has 1 saturated carbocycles. The second-order valence-corrected chi connectivity index (χ2v) is 6.74. The van der Waals surface area contributed by atoms with Crippen molar-refractivity contribution in [2.45, 2.75) is 46.1 Å². The second-order valence-electron chi connectivity index (χ2n) is 6.74. The lowest BCUT2D eigenvalue weighted by Gasteiger charge is -2.12. The molecule has 0 aliphatic heterocycles. The van der Waals surface area contributed by atoms with E-state index in [1.165, 1.54) is 6.33 Å². The van der Waals surface area contributed by atoms with Crippen LogP contribution >= 0.6 is 0 Å². The summed E-state index contributed by atoms with van der Waals surface area (Å²) < 4.78 is 11.1. The highest BCUT2D eigenvalue weighted by molar-refractivity contribution is 6.14. The van der Waals surface area contributed by atoms with Gasteiger partial charge in [-0.3, -0.25) is 10.1 Å². The Morgan fingerprint density at radius 2 is 1.92 bits per heavy atom. The van der Waals surface area contributed by atoms with E-state index in [-0.39, 0.29) is 17.5 Å². The number of hydrogen-bond donors (Lipinski definition) is 2. The number of furan rings is 1. The molecule has 0 unspecified atom stereocenters. The van der Waals surface area contributed by atoms with Crippen LogP contribution in [-0.2, 0) is 0 Å². The van der Waals surface area contributed by atoms with Gasteiger partial charge in [-0.2, -0.15) is 4.98 Å². The third-order valence-electron chi connectivity index (χ3n) is 4.56. The molecule has 1 fully saturated rings. The van der Waals surface area contributed by atoms with Crippen LogP contribution in [0.1, 0.15) is 47.3 Å². The molecule has 0 aromatic carbocycles. The van der Waals surface area contributed by atoms with Gasteiger partial charge in [0, 0.05) is 5.54 Å². The SMILES string of the molecule is Cc1nc(NC(=O)c2c(C)oc3ncnc(NC4(C)CC4)c23)oc1C. The van der Waals surface area contributed by atoms with Crippen LogP contribution in [0.3, 0.4) is 0 Å². The zero-order valence-electron chi connectivity index (χ0n) is 14.6. The Morgan fingerprint density at radius 3 is 2.56 bits per heavy atom. The molecular weight excluding hydrogens is 322 g/mol. The fourth-order valence-electron chi connectivity index (χ4n) is 2.70. The van der Waals surface area contributed by atoms with Gasteiger partial charge >= 0.3 is 6.01 Å². The number of anilines is 2. The molecule has 25 heavy (non-hydrogen) atoms. The monoisotopic (exact) mass is 341 g/mol. The molecule has 8 nitrogen and oxygen atoms in total. The zero-order valence-corrected chi connectivity index (χ0v) is 14.6. The molecule has 0 bridgehead atoms. The first kappa shape index (κ1) is 15.6. The van der Waals surface area contributed by atoms with Gasteiger partial charge in [-0.25, -0.2) is 9.97 Å². The fraction of sp³-hybridized carbons (Fsp3) is 0.412. The summed E-state index contributed by atoms with van der Waals surface area (Å²) >= 11 is 0. The highest BCUT2D eigenvalue weighted by Crippen LogP contribution is 2.40. The van der Waals surface area contributed by atoms with Gasteiger partial charge < -0.3 is 14.2 Å². The van der Waals surface area contributed by atoms with Crippen molar-refractivity contribution in [3.05, 3.63) is 29.1 Å². The average Bonchev–Trinajstić information content (AvgIpc) is 3.02. The molecule has 0 atom stereocenters. The number of carbonyl (C=O) groups excluding carboxylic acids is 1. The molecule has 3 aromatic heterocycles. The molecule has 0 spiro atoms. The van der Waals surface area contributed by atoms with Gasteiger partial charge in [0.25, 0.3) is 5.91 Å². The molecule has 1 aliphatic carbocycles. The standard InChI is InChI=1S/C17H19N5O3/c1-8-9(2)25-16(20-8)21-14(23)11-10(3)24-15-12(11)13(18-7-19-15)22-17(4)5-6-17/h7H,5-6H2,1-4H3,(H,18,19,22)(H,20,21,23). The van der Waals surface area contributed by atoms with Crippen LogP contribution in [0.2, 0.25) is 0 Å². The normalized spacial score (nSPS) is 15.4. The maximum atomic E-state index is 12.8. The van der Waals surface area contributed by atoms with Crippen molar-refractivity contribution in [3.8, 4) is 0 Å². The quantitative estimate of drug-likeness (QED) is 0.749. The predicted molar refractivity (Wildman–Crippen MR) is 91.7 cm³/mol. The van der Waals surface area contributed by atoms with Crippen LogP contribution in [0.15, 0.2) is 15.2 Å². The lowest BCUT2D eigenvalue weighted by Crippen LogP contribution is -2.18. The van der Waals surface area contributed by atoms with Crippen LogP contribution < -0.4 is 10.6 Å². The van der Waals surface area contributed by atoms with E-state index in [4.69, 9.17) is 8.83 Å². The first-order chi connectivity index (χ1) is 11.9. The van der Waals surface area contributed by atoms with Crippen LogP contribution in [0.5, 0.6) is 0 Å². The second kappa shape index (κ2) is 5.30. The number of nitrogens with zero attached hydrogens (tertiary/aromatic N) is 3. The maximum Gasteiger partial charge on any atom is 0.302 e. The van der Waals surface area contributed by atoms with E-state index in [1.807, 2.05) is 6.92 Å². The lowest BCUT2D eigenvalue weighted by atomic mass is 10.1. The summed E-state index contributed by atoms with van der Waals surface area (Å²) in [5, 5.41) is 6.65. The number of amides is 1. The first-order valence-electron chi connectivity index (χ1n) is 8.14. The van der Waals surface area contributed by atoms with Crippen molar-refractivity contribution in [2.24, 2.45) is 0 Å². The lowest BCUT2D eigenvalue weighted by molar-refractivity contribution is 0.102. The smallest absolute Gasteiger partial charge is 0.302 e. The summed E-state index contributed by atoms with van der Waals surface area (Å²) in [6, 6.07) is 0.161. The number of aromatic nitrogens is 3. The molecule has 3 aromatic rings. The van der Waals surface area contributed by atoms with Crippen molar-refractivity contribution in [1.29, 1.82) is 0 Å². The van der Waals surface area contributed by atoms with Crippen LogP contribution in [0.25, 0.3) is 11.1 Å². The Labute approximate surface area is 144 Å². The molecule has 0 radical (unpaired) electrons. The van der Waals surface area contributed by atoms with E-state index in [0.717, 1.165) is 18.5 Å². The third-order valence-corrected chi connectivity index (χ3v) is 4.56. The maximum absolute atomic E-state index is 12.8. The molecule has 2 N–H and O–H groups in total. The number of carbonyl (C=O) groups is 1. The van der Waals surface area contributed by atoms with Gasteiger partial charge in [-0.15, -0.1) is 0 Å². The minimum absolute atomic E-state index is 0.0109. The summed E-state index contributed by atoms with van der Waals surface area (Å²) in [6.45, 7) is 7.46. The largest absolute Gasteiger partial charge is 0.442 e. The fourth-order valence-corrected chi connectivity index (χ4v) is 2.70. The van der Waals surface area contributed by atoms with E-state index in [9.17, 15) is 4.79 Å². The van der Waals surface area contributed by atoms with Crippen LogP contribution in [0.4, 0.5) is 11.8 Å². The Balaban J connectivity index is 1.75. The average molecular weight is 341 g/mol. The van der Waals surface area contributed by atoms with E-state index in [2.05, 4.69) is 32.5 Å². The van der Waals surface area contributed by atoms with Gasteiger partial charge in [0.15, 0.2) is 0 Å². The van der Waals surface area contributed by atoms with Crippen molar-refractivity contribution in [2.75, 3.05) is 10.6 Å². The number of rotatable bonds is 4. The number of nitrogens with one attached hydrogen (secondary N) is 2. The highest BCUT2D eigenvalue weighted by Gasteiger charge is 2.38. The van der Waals surface area contributed by atoms with Crippen LogP contribution in [0, 0.1) is 20.8 Å². The molecule has 3 heterocycles. The predicted octanol–water partition coefficient (Wildman–Crippen LogP) is 3.35. The Kier molecular flexibility index (Phi) is 3.31. The van der Waals surface area contributed by atoms with Crippen molar-refractivity contribution in [3.63, 3.8) is 0 Å². The van der Waals surface area contributed by atoms with Gasteiger partial charge in [0.05, 0.1) is 16.6 Å². The number of aryl methyl sites for hydroxylation is 3. The minimum Gasteiger partial charge on any atom is -0.442 e. The first-order valence-corrected chi connectivity index (χ1v) is 8.14. The van der Waals surface area contributed by atoms with Gasteiger partial charge in [-0.1, -0.05) is 0 Å². The third kappa shape index (κ3) is 2.73. The van der Waals surface area contributed by atoms with Gasteiger partial charge in [-0.05, 0) is 40.5 Å². The molecular formula is C17H19N5O3. The molecule has 4 rings (SSSR count). The van der Waals surface area contributed by atoms with Crippen molar-refractivity contribution in [1.82, 2.24) is 15.0 Å². The van der Waals surface area contributed by atoms with E-state index < -0.39 is 0 Å². The summed E-state index contributed by atoms with van der Waals surface area (Å²) in [5.41, 5.74) is 1.51. The van der Waals surface area contributed by atoms with E-state index in [0.29, 0.717) is 34.0 Å². The Morgan fingerprint density at radius 1 is 1.16 bits per heavy atom. The van der Waals surface area contributed by atoms with Crippen molar-refractivity contribution >= 4 is 28.8 Å². The summed E-state index contributed by atoms with van der Waals surface area (Å²) in [6.07, 6.45) is 3.55. The number of hydrogen-bond acceptors (Lipinski definition) is 7. The van der Waals surface area contributed by atoms with Crippen LogP contribution in [-0.4, -0.2) is 26.4 Å². The zero-order chi connectivity index (χ0) is 17.8. The molecule has 1 amide bonds.